The average Bonchev–Trinajstić information content (AvgIpc) is 3.61. The minimum Gasteiger partial charge on any atom is -0.478 e. The Hall–Kier alpha value is -5.88. The number of carbonyl (C=O) groups is 2. The topological polar surface area (TPSA) is 119 Å². The molecule has 2 aliphatic carbocycles. The van der Waals surface area contributed by atoms with Crippen molar-refractivity contribution in [2.24, 2.45) is 0 Å². The number of fused-ring (bicyclic) bond motifs is 6. The predicted molar refractivity (Wildman–Crippen MR) is 269 cm³/mol. The van der Waals surface area contributed by atoms with Crippen LogP contribution in [0.25, 0.3) is 44.8 Å². The summed E-state index contributed by atoms with van der Waals surface area (Å²) in [5, 5.41) is 20.1. The van der Waals surface area contributed by atoms with Gasteiger partial charge in [-0.25, -0.2) is 18.4 Å². The third-order valence-electron chi connectivity index (χ3n) is 13.9. The molecule has 11 heteroatoms. The highest BCUT2D eigenvalue weighted by atomic mass is 28.4. The van der Waals surface area contributed by atoms with Crippen molar-refractivity contribution in [3.05, 3.63) is 152 Å². The number of methoxy groups -OCH3 is 1. The zero-order valence-electron chi connectivity index (χ0n) is 41.1. The van der Waals surface area contributed by atoms with Gasteiger partial charge in [-0.05, 0) is 137 Å². The van der Waals surface area contributed by atoms with E-state index >= 15 is 0 Å². The lowest BCUT2D eigenvalue weighted by molar-refractivity contribution is 0.0594. The Labute approximate surface area is 401 Å². The van der Waals surface area contributed by atoms with Crippen LogP contribution in [-0.2, 0) is 48.1 Å². The zero-order chi connectivity index (χ0) is 49.2. The number of aliphatic hydroxyl groups excluding tert-OH is 1. The predicted octanol–water partition coefficient (Wildman–Crippen LogP) is 13.8. The van der Waals surface area contributed by atoms with Gasteiger partial charge in [0.15, 0.2) is 8.32 Å². The number of esters is 1. The van der Waals surface area contributed by atoms with Gasteiger partial charge in [-0.15, -0.1) is 0 Å². The molecule has 0 saturated carbocycles. The van der Waals surface area contributed by atoms with Crippen molar-refractivity contribution in [3.63, 3.8) is 0 Å². The summed E-state index contributed by atoms with van der Waals surface area (Å²) in [7, 11) is -0.856. The molecule has 356 valence electrons. The number of benzene rings is 4. The molecular weight excluding hydrogens is 875 g/mol. The van der Waals surface area contributed by atoms with Crippen LogP contribution in [0.1, 0.15) is 139 Å². The summed E-state index contributed by atoms with van der Waals surface area (Å²) in [4.78, 5) is 34.3. The highest BCUT2D eigenvalue weighted by Crippen LogP contribution is 2.45. The number of ether oxygens (including phenoxy) is 1. The molecule has 0 bridgehead atoms. The quantitative estimate of drug-likeness (QED) is 0.103. The monoisotopic (exact) mass is 938 g/mol. The van der Waals surface area contributed by atoms with Crippen LogP contribution < -0.4 is 0 Å². The molecule has 0 fully saturated rings. The van der Waals surface area contributed by atoms with E-state index in [2.05, 4.69) is 78.0 Å². The fraction of sp³-hybridized carbons (Fsp3) is 0.368. The highest BCUT2D eigenvalue weighted by Gasteiger charge is 2.38. The lowest BCUT2D eigenvalue weighted by atomic mass is 9.86. The summed E-state index contributed by atoms with van der Waals surface area (Å²) in [5.74, 6) is -3.15. The van der Waals surface area contributed by atoms with E-state index in [1.807, 2.05) is 32.0 Å². The Bertz CT molecular complexity index is 2880. The summed E-state index contributed by atoms with van der Waals surface area (Å²) in [5.41, 5.74) is 14.9. The molecule has 0 atom stereocenters. The van der Waals surface area contributed by atoms with Crippen LogP contribution in [0, 0.1) is 11.6 Å². The van der Waals surface area contributed by atoms with E-state index < -0.39 is 31.9 Å². The number of carboxylic acids is 1. The summed E-state index contributed by atoms with van der Waals surface area (Å²) in [6, 6.07) is 25.6. The zero-order valence-corrected chi connectivity index (χ0v) is 42.1. The Balaban J connectivity index is 0.000000204. The number of carboxylic acid groups (broad SMARTS) is 1. The first-order valence-electron chi connectivity index (χ1n) is 23.7. The van der Waals surface area contributed by atoms with Crippen molar-refractivity contribution in [2.75, 3.05) is 7.11 Å². The maximum absolute atomic E-state index is 14.5. The van der Waals surface area contributed by atoms with Crippen LogP contribution in [-0.4, -0.2) is 47.5 Å². The number of pyridine rings is 2. The van der Waals surface area contributed by atoms with E-state index in [0.717, 1.165) is 106 Å². The number of aliphatic hydroxyl groups is 1. The van der Waals surface area contributed by atoms with Gasteiger partial charge in [0.2, 0.25) is 0 Å². The van der Waals surface area contributed by atoms with Crippen molar-refractivity contribution >= 4 is 20.3 Å². The first-order valence-corrected chi connectivity index (χ1v) is 26.6. The molecule has 0 saturated heterocycles. The van der Waals surface area contributed by atoms with E-state index in [4.69, 9.17) is 19.1 Å². The number of hydrogen-bond acceptors (Lipinski definition) is 7. The summed E-state index contributed by atoms with van der Waals surface area (Å²) in [6.45, 7) is 19.7. The van der Waals surface area contributed by atoms with Crippen LogP contribution in [0.2, 0.25) is 18.1 Å². The lowest BCUT2D eigenvalue weighted by Crippen LogP contribution is -2.40. The van der Waals surface area contributed by atoms with E-state index in [1.165, 1.54) is 42.5 Å². The Morgan fingerprint density at radius 1 is 0.691 bits per heavy atom. The number of hydrogen-bond donors (Lipinski definition) is 2. The minimum atomic E-state index is -2.09. The molecule has 6 aromatic rings. The number of nitrogens with zero attached hydrogens (tertiary/aromatic N) is 2. The van der Waals surface area contributed by atoms with Crippen molar-refractivity contribution in [2.45, 2.75) is 130 Å². The van der Waals surface area contributed by atoms with E-state index in [9.17, 15) is 28.6 Å². The molecule has 0 radical (unpaired) electrons. The first-order chi connectivity index (χ1) is 32.3. The second-order valence-corrected chi connectivity index (χ2v) is 24.9. The molecule has 8 rings (SSSR count). The third-order valence-corrected chi connectivity index (χ3v) is 18.4. The first kappa shape index (κ1) is 50.0. The van der Waals surface area contributed by atoms with Gasteiger partial charge in [0, 0.05) is 33.6 Å². The van der Waals surface area contributed by atoms with Crippen LogP contribution in [0.3, 0.4) is 0 Å². The van der Waals surface area contributed by atoms with Crippen molar-refractivity contribution < 1.29 is 37.7 Å². The number of rotatable bonds is 10. The second kappa shape index (κ2) is 20.4. The van der Waals surface area contributed by atoms with Crippen LogP contribution in [0.4, 0.5) is 8.78 Å². The number of carbonyl (C=O) groups excluding carboxylic acids is 1. The summed E-state index contributed by atoms with van der Waals surface area (Å²) >= 11 is 0. The summed E-state index contributed by atoms with van der Waals surface area (Å²) in [6.07, 6.45) is 5.36. The number of aromatic carboxylic acids is 1. The minimum absolute atomic E-state index is 0.0373. The van der Waals surface area contributed by atoms with Gasteiger partial charge in [-0.3, -0.25) is 9.97 Å². The molecule has 0 unspecified atom stereocenters. The van der Waals surface area contributed by atoms with Gasteiger partial charge in [-0.2, -0.15) is 0 Å². The molecule has 68 heavy (non-hydrogen) atoms. The van der Waals surface area contributed by atoms with E-state index in [-0.39, 0.29) is 34.6 Å². The summed E-state index contributed by atoms with van der Waals surface area (Å²) < 4.78 is 40.3. The van der Waals surface area contributed by atoms with Crippen LogP contribution in [0.5, 0.6) is 0 Å². The second-order valence-electron chi connectivity index (χ2n) is 20.1. The van der Waals surface area contributed by atoms with Gasteiger partial charge in [0.1, 0.15) is 11.6 Å². The largest absolute Gasteiger partial charge is 0.478 e. The lowest BCUT2D eigenvalue weighted by Gasteiger charge is -2.37. The third kappa shape index (κ3) is 9.98. The molecular formula is C57H64F2N2O6Si. The van der Waals surface area contributed by atoms with Crippen LogP contribution in [0.15, 0.2) is 84.9 Å². The average molecular weight is 939 g/mol. The van der Waals surface area contributed by atoms with E-state index in [0.29, 0.717) is 17.7 Å². The number of aryl methyl sites for hydroxylation is 2. The standard InChI is InChI=1S/C31H38FNO3Si.C26H26FNO3/c1-19(2)28-25(18-36-37(6,7)31(3,4)5)27(21-15-16-26(32)24(17-21)30(34)35)23-14-10-12-20-11-8-9-13-22(20)29(23)33-28;1-15(2)24-21(14-29)23(17-11-12-22(27)20(13-17)26(30)31-3)19-10-6-8-16-7-4-5-9-18(16)25(19)28-24/h8-9,11,13,15-17,19H,10,12,14,18H2,1-7H3,(H,34,35);4-5,7,9,11-13,15,29H,6,8,10,14H2,1-3H3. The molecule has 0 amide bonds. The molecule has 2 N–H and O–H groups in total. The molecule has 2 aliphatic rings. The van der Waals surface area contributed by atoms with Gasteiger partial charge >= 0.3 is 11.9 Å². The smallest absolute Gasteiger partial charge is 0.340 e. The highest BCUT2D eigenvalue weighted by molar-refractivity contribution is 6.74. The molecule has 2 heterocycles. The van der Waals surface area contributed by atoms with Gasteiger partial charge < -0.3 is 19.4 Å². The fourth-order valence-electron chi connectivity index (χ4n) is 9.37. The SMILES string of the molecule is CC(C)c1nc2c(c(-c3ccc(F)c(C(=O)O)c3)c1CO[Si](C)(C)C(C)(C)C)CCCc1ccccc1-2.COC(=O)c1cc(-c2c3c(nc(C(C)C)c2CO)-c2ccccc2CCC3)ccc1F. The molecule has 0 spiro atoms. The number of halogens is 2. The molecule has 0 aliphatic heterocycles. The van der Waals surface area contributed by atoms with Crippen molar-refractivity contribution in [3.8, 4) is 44.8 Å². The van der Waals surface area contributed by atoms with Crippen LogP contribution >= 0.6 is 0 Å². The van der Waals surface area contributed by atoms with Gasteiger partial charge in [0.05, 0.1) is 42.8 Å². The van der Waals surface area contributed by atoms with Crippen molar-refractivity contribution in [1.82, 2.24) is 9.97 Å². The fourth-order valence-corrected chi connectivity index (χ4v) is 10.3. The Morgan fingerprint density at radius 2 is 1.15 bits per heavy atom. The maximum Gasteiger partial charge on any atom is 0.340 e. The molecule has 4 aromatic carbocycles. The Kier molecular flexibility index (Phi) is 15.0. The van der Waals surface area contributed by atoms with Gasteiger partial charge in [-0.1, -0.05) is 109 Å². The number of aromatic nitrogens is 2. The maximum atomic E-state index is 14.5. The molecule has 8 nitrogen and oxygen atoms in total. The van der Waals surface area contributed by atoms with Gasteiger partial charge in [0.25, 0.3) is 0 Å². The van der Waals surface area contributed by atoms with E-state index in [1.54, 1.807) is 12.1 Å². The molecule has 2 aromatic heterocycles. The normalized spacial score (nSPS) is 13.3. The Morgan fingerprint density at radius 3 is 1.60 bits per heavy atom. The van der Waals surface area contributed by atoms with Crippen molar-refractivity contribution in [1.29, 1.82) is 0 Å².